The molecule has 0 bridgehead atoms. The van der Waals surface area contributed by atoms with Crippen LogP contribution in [0.2, 0.25) is 5.02 Å². The van der Waals surface area contributed by atoms with Gasteiger partial charge in [-0.2, -0.15) is 5.10 Å². The van der Waals surface area contributed by atoms with E-state index < -0.39 is 0 Å². The number of aryl methyl sites for hydroxylation is 1. The Balaban J connectivity index is 1.55. The summed E-state index contributed by atoms with van der Waals surface area (Å²) in [6.07, 6.45) is 0.627. The maximum atomic E-state index is 13.1. The number of nitrogens with one attached hydrogen (secondary N) is 1. The first-order valence-corrected chi connectivity index (χ1v) is 10.8. The fourth-order valence-electron chi connectivity index (χ4n) is 3.49. The molecule has 0 unspecified atom stereocenters. The number of hydrogen-bond donors (Lipinski definition) is 1. The van der Waals surface area contributed by atoms with E-state index >= 15 is 0 Å². The Bertz CT molecular complexity index is 1280. The lowest BCUT2D eigenvalue weighted by molar-refractivity contribution is 0.0946. The molecule has 1 amide bonds. The number of hydrogen-bond acceptors (Lipinski definition) is 5. The van der Waals surface area contributed by atoms with Crippen molar-refractivity contribution in [3.05, 3.63) is 82.7 Å². The predicted octanol–water partition coefficient (Wildman–Crippen LogP) is 5.08. The molecule has 0 fully saturated rings. The molecular formula is C25H24ClN3O4. The first-order chi connectivity index (χ1) is 16.0. The molecule has 0 saturated heterocycles. The number of amides is 1. The summed E-state index contributed by atoms with van der Waals surface area (Å²) in [4.78, 5) is 13.1. The van der Waals surface area contributed by atoms with E-state index in [4.69, 9.17) is 25.5 Å². The molecule has 2 aromatic heterocycles. The average molecular weight is 466 g/mol. The van der Waals surface area contributed by atoms with Crippen LogP contribution in [0.1, 0.15) is 21.8 Å². The highest BCUT2D eigenvalue weighted by Crippen LogP contribution is 2.28. The fraction of sp³-hybridized carbons (Fsp3) is 0.200. The normalized spacial score (nSPS) is 10.8. The van der Waals surface area contributed by atoms with Gasteiger partial charge in [-0.05, 0) is 61.4 Å². The summed E-state index contributed by atoms with van der Waals surface area (Å²) in [5, 5.41) is 8.13. The molecule has 2 aromatic carbocycles. The number of methoxy groups -OCH3 is 2. The van der Waals surface area contributed by atoms with E-state index in [1.165, 1.54) is 0 Å². The Morgan fingerprint density at radius 2 is 1.88 bits per heavy atom. The number of benzene rings is 2. The van der Waals surface area contributed by atoms with Crippen LogP contribution in [-0.2, 0) is 6.42 Å². The molecule has 0 spiro atoms. The summed E-state index contributed by atoms with van der Waals surface area (Å²) in [6.45, 7) is 2.30. The molecule has 4 aromatic rings. The number of aromatic nitrogens is 2. The standard InChI is InChI=1S/C25H24ClN3O4/c1-16-7-9-22(33-16)20-15-21(29(28-20)19-6-4-5-18(26)14-19)25(30)27-12-11-17-8-10-23(31-2)24(13-17)32-3/h4-10,13-15H,11-12H2,1-3H3,(H,27,30). The van der Waals surface area contributed by atoms with Gasteiger partial charge in [0.2, 0.25) is 0 Å². The Morgan fingerprint density at radius 3 is 2.58 bits per heavy atom. The molecule has 0 aliphatic carbocycles. The van der Waals surface area contributed by atoms with Crippen molar-refractivity contribution in [3.8, 4) is 28.6 Å². The van der Waals surface area contributed by atoms with Crippen LogP contribution in [0.4, 0.5) is 0 Å². The Labute approximate surface area is 196 Å². The van der Waals surface area contributed by atoms with Crippen molar-refractivity contribution in [2.45, 2.75) is 13.3 Å². The predicted molar refractivity (Wildman–Crippen MR) is 127 cm³/mol. The van der Waals surface area contributed by atoms with E-state index in [1.54, 1.807) is 37.1 Å². The van der Waals surface area contributed by atoms with Crippen molar-refractivity contribution in [2.24, 2.45) is 0 Å². The Hall–Kier alpha value is -3.71. The topological polar surface area (TPSA) is 78.5 Å². The molecule has 33 heavy (non-hydrogen) atoms. The summed E-state index contributed by atoms with van der Waals surface area (Å²) in [7, 11) is 3.19. The largest absolute Gasteiger partial charge is 0.493 e. The Kier molecular flexibility index (Phi) is 6.70. The second-order valence-electron chi connectivity index (χ2n) is 7.41. The van der Waals surface area contributed by atoms with E-state index in [-0.39, 0.29) is 5.91 Å². The van der Waals surface area contributed by atoms with Crippen LogP contribution in [0.5, 0.6) is 11.5 Å². The van der Waals surface area contributed by atoms with Crippen LogP contribution >= 0.6 is 11.6 Å². The highest BCUT2D eigenvalue weighted by atomic mass is 35.5. The van der Waals surface area contributed by atoms with Crippen LogP contribution in [0.3, 0.4) is 0 Å². The molecule has 0 radical (unpaired) electrons. The minimum atomic E-state index is -0.252. The van der Waals surface area contributed by atoms with Crippen molar-refractivity contribution in [2.75, 3.05) is 20.8 Å². The van der Waals surface area contributed by atoms with Crippen molar-refractivity contribution < 1.29 is 18.7 Å². The van der Waals surface area contributed by atoms with Gasteiger partial charge in [0.05, 0.1) is 19.9 Å². The molecule has 0 atom stereocenters. The van der Waals surface area contributed by atoms with Crippen LogP contribution in [0, 0.1) is 6.92 Å². The summed E-state index contributed by atoms with van der Waals surface area (Å²) in [5.74, 6) is 2.42. The fourth-order valence-corrected chi connectivity index (χ4v) is 3.67. The molecule has 170 valence electrons. The van der Waals surface area contributed by atoms with Crippen LogP contribution in [0.15, 0.2) is 65.1 Å². The second kappa shape index (κ2) is 9.83. The van der Waals surface area contributed by atoms with Crippen molar-refractivity contribution in [1.29, 1.82) is 0 Å². The number of ether oxygens (including phenoxy) is 2. The van der Waals surface area contributed by atoms with E-state index in [0.717, 1.165) is 11.3 Å². The van der Waals surface area contributed by atoms with Gasteiger partial charge in [-0.3, -0.25) is 4.79 Å². The minimum Gasteiger partial charge on any atom is -0.493 e. The minimum absolute atomic E-state index is 0.252. The molecule has 4 rings (SSSR count). The van der Waals surface area contributed by atoms with Gasteiger partial charge in [0.25, 0.3) is 5.91 Å². The lowest BCUT2D eigenvalue weighted by atomic mass is 10.1. The monoisotopic (exact) mass is 465 g/mol. The number of carbonyl (C=O) groups is 1. The number of carbonyl (C=O) groups excluding carboxylic acids is 1. The first-order valence-electron chi connectivity index (χ1n) is 10.4. The zero-order valence-electron chi connectivity index (χ0n) is 18.6. The average Bonchev–Trinajstić information content (AvgIpc) is 3.45. The first kappa shape index (κ1) is 22.5. The molecule has 0 saturated carbocycles. The maximum Gasteiger partial charge on any atom is 0.270 e. The smallest absolute Gasteiger partial charge is 0.270 e. The van der Waals surface area contributed by atoms with Gasteiger partial charge in [-0.25, -0.2) is 4.68 Å². The molecule has 2 heterocycles. The van der Waals surface area contributed by atoms with Gasteiger partial charge < -0.3 is 19.2 Å². The Morgan fingerprint density at radius 1 is 1.06 bits per heavy atom. The van der Waals surface area contributed by atoms with Gasteiger partial charge >= 0.3 is 0 Å². The third kappa shape index (κ3) is 5.04. The van der Waals surface area contributed by atoms with Crippen molar-refractivity contribution in [1.82, 2.24) is 15.1 Å². The molecule has 8 heteroatoms. The molecule has 1 N–H and O–H groups in total. The maximum absolute atomic E-state index is 13.1. The van der Waals surface area contributed by atoms with Gasteiger partial charge in [-0.15, -0.1) is 0 Å². The summed E-state index contributed by atoms with van der Waals surface area (Å²) >= 11 is 6.17. The van der Waals surface area contributed by atoms with Crippen molar-refractivity contribution >= 4 is 17.5 Å². The molecule has 0 aliphatic rings. The molecule has 7 nitrogen and oxygen atoms in total. The third-order valence-corrected chi connectivity index (χ3v) is 5.37. The van der Waals surface area contributed by atoms with Crippen LogP contribution < -0.4 is 14.8 Å². The lowest BCUT2D eigenvalue weighted by Gasteiger charge is -2.11. The van der Waals surface area contributed by atoms with Crippen LogP contribution in [-0.4, -0.2) is 36.5 Å². The van der Waals surface area contributed by atoms with Gasteiger partial charge in [0.1, 0.15) is 17.1 Å². The van der Waals surface area contributed by atoms with Crippen LogP contribution in [0.25, 0.3) is 17.1 Å². The lowest BCUT2D eigenvalue weighted by Crippen LogP contribution is -2.27. The van der Waals surface area contributed by atoms with E-state index in [1.807, 2.05) is 49.4 Å². The zero-order chi connectivity index (χ0) is 23.4. The van der Waals surface area contributed by atoms with E-state index in [2.05, 4.69) is 10.4 Å². The zero-order valence-corrected chi connectivity index (χ0v) is 19.3. The van der Waals surface area contributed by atoms with Gasteiger partial charge in [0, 0.05) is 17.6 Å². The highest BCUT2D eigenvalue weighted by Gasteiger charge is 2.19. The summed E-state index contributed by atoms with van der Waals surface area (Å²) < 4.78 is 17.9. The van der Waals surface area contributed by atoms with Gasteiger partial charge in [0.15, 0.2) is 17.3 Å². The number of furan rings is 1. The second-order valence-corrected chi connectivity index (χ2v) is 7.85. The number of nitrogens with zero attached hydrogens (tertiary/aromatic N) is 2. The number of halogens is 1. The van der Waals surface area contributed by atoms with Gasteiger partial charge in [-0.1, -0.05) is 23.7 Å². The van der Waals surface area contributed by atoms with E-state index in [9.17, 15) is 4.79 Å². The molecule has 0 aliphatic heterocycles. The highest BCUT2D eigenvalue weighted by molar-refractivity contribution is 6.30. The summed E-state index contributed by atoms with van der Waals surface area (Å²) in [5.41, 5.74) is 2.65. The quantitative estimate of drug-likeness (QED) is 0.392. The SMILES string of the molecule is COc1ccc(CCNC(=O)c2cc(-c3ccc(C)o3)nn2-c2cccc(Cl)c2)cc1OC. The summed E-state index contributed by atoms with van der Waals surface area (Å²) in [6, 6.07) is 18.3. The van der Waals surface area contributed by atoms with E-state index in [0.29, 0.717) is 52.3 Å². The van der Waals surface area contributed by atoms with Crippen molar-refractivity contribution in [3.63, 3.8) is 0 Å². The number of rotatable bonds is 8. The third-order valence-electron chi connectivity index (χ3n) is 5.13. The molecular weight excluding hydrogens is 442 g/mol.